The summed E-state index contributed by atoms with van der Waals surface area (Å²) in [5, 5.41) is 13.9. The molecule has 20 heavy (non-hydrogen) atoms. The number of nitro groups is 1. The van der Waals surface area contributed by atoms with Crippen molar-refractivity contribution in [1.29, 1.82) is 0 Å². The van der Waals surface area contributed by atoms with Crippen LogP contribution in [0.25, 0.3) is 11.3 Å². The average molecular weight is 275 g/mol. The highest BCUT2D eigenvalue weighted by atomic mass is 16.6. The molecule has 0 spiro atoms. The van der Waals surface area contributed by atoms with Crippen molar-refractivity contribution in [2.75, 3.05) is 6.54 Å². The molecule has 0 fully saturated rings. The zero-order valence-corrected chi connectivity index (χ0v) is 11.5. The van der Waals surface area contributed by atoms with Crippen LogP contribution < -0.4 is 5.32 Å². The zero-order chi connectivity index (χ0) is 14.5. The first-order valence-electron chi connectivity index (χ1n) is 6.55. The topological polar surface area (TPSA) is 81.2 Å². The van der Waals surface area contributed by atoms with Gasteiger partial charge in [0, 0.05) is 17.7 Å². The molecular weight excluding hydrogens is 258 g/mol. The van der Waals surface area contributed by atoms with Crippen LogP contribution in [0.3, 0.4) is 0 Å². The third-order valence-electron chi connectivity index (χ3n) is 2.96. The molecule has 0 amide bonds. The van der Waals surface area contributed by atoms with Gasteiger partial charge in [-0.1, -0.05) is 6.92 Å². The fourth-order valence-electron chi connectivity index (χ4n) is 1.82. The van der Waals surface area contributed by atoms with Gasteiger partial charge in [0.2, 0.25) is 5.89 Å². The number of oxazole rings is 1. The fraction of sp³-hybridized carbons (Fsp3) is 0.357. The molecule has 0 aliphatic carbocycles. The fourth-order valence-corrected chi connectivity index (χ4v) is 1.82. The quantitative estimate of drug-likeness (QED) is 0.646. The van der Waals surface area contributed by atoms with Crippen molar-refractivity contribution in [2.24, 2.45) is 0 Å². The summed E-state index contributed by atoms with van der Waals surface area (Å²) in [5.41, 5.74) is 0.837. The number of hydrogen-bond acceptors (Lipinski definition) is 5. The highest BCUT2D eigenvalue weighted by Gasteiger charge is 2.13. The molecule has 0 aliphatic rings. The number of rotatable bonds is 6. The van der Waals surface area contributed by atoms with Crippen LogP contribution in [0, 0.1) is 10.1 Å². The summed E-state index contributed by atoms with van der Waals surface area (Å²) in [6.07, 6.45) is 2.68. The van der Waals surface area contributed by atoms with Gasteiger partial charge in [-0.25, -0.2) is 4.98 Å². The molecule has 1 aromatic carbocycles. The minimum absolute atomic E-state index is 0.0433. The summed E-state index contributed by atoms with van der Waals surface area (Å²) >= 11 is 0. The maximum atomic E-state index is 10.6. The molecule has 1 heterocycles. The Morgan fingerprint density at radius 2 is 2.10 bits per heavy atom. The van der Waals surface area contributed by atoms with Gasteiger partial charge in [0.25, 0.3) is 5.69 Å². The molecule has 106 valence electrons. The second-order valence-corrected chi connectivity index (χ2v) is 4.54. The summed E-state index contributed by atoms with van der Waals surface area (Å²) in [6.45, 7) is 4.98. The molecule has 2 rings (SSSR count). The summed E-state index contributed by atoms with van der Waals surface area (Å²) in [6, 6.07) is 6.27. The zero-order valence-electron chi connectivity index (χ0n) is 11.5. The second kappa shape index (κ2) is 6.29. The van der Waals surface area contributed by atoms with Crippen molar-refractivity contribution < 1.29 is 9.34 Å². The Hall–Kier alpha value is -2.21. The van der Waals surface area contributed by atoms with Crippen molar-refractivity contribution in [2.45, 2.75) is 26.3 Å². The Balaban J connectivity index is 2.13. The lowest BCUT2D eigenvalue weighted by Crippen LogP contribution is -2.19. The van der Waals surface area contributed by atoms with Crippen molar-refractivity contribution in [3.63, 3.8) is 0 Å². The van der Waals surface area contributed by atoms with E-state index < -0.39 is 4.92 Å². The Morgan fingerprint density at radius 3 is 2.70 bits per heavy atom. The molecule has 0 saturated carbocycles. The normalized spacial score (nSPS) is 12.3. The molecule has 6 nitrogen and oxygen atoms in total. The van der Waals surface area contributed by atoms with Crippen LogP contribution in [0.5, 0.6) is 0 Å². The van der Waals surface area contributed by atoms with E-state index in [1.165, 1.54) is 12.1 Å². The van der Waals surface area contributed by atoms with E-state index in [9.17, 15) is 10.1 Å². The molecule has 0 aliphatic heterocycles. The number of aromatic nitrogens is 1. The number of hydrogen-bond donors (Lipinski definition) is 1. The van der Waals surface area contributed by atoms with Crippen LogP contribution in [0.4, 0.5) is 5.69 Å². The van der Waals surface area contributed by atoms with Crippen molar-refractivity contribution in [3.05, 3.63) is 46.5 Å². The summed E-state index contributed by atoms with van der Waals surface area (Å²) in [7, 11) is 0. The Kier molecular flexibility index (Phi) is 4.47. The lowest BCUT2D eigenvalue weighted by Gasteiger charge is -2.08. The van der Waals surface area contributed by atoms with Crippen LogP contribution in [0.2, 0.25) is 0 Å². The standard InChI is InChI=1S/C14H17N3O3/c1-3-8-15-10(2)14-16-9-13(20-14)11-4-6-12(7-5-11)17(18)19/h4-7,9-10,15H,3,8H2,1-2H3. The van der Waals surface area contributed by atoms with Crippen LogP contribution >= 0.6 is 0 Å². The number of nitro benzene ring substituents is 1. The van der Waals surface area contributed by atoms with Gasteiger partial charge in [-0.2, -0.15) is 0 Å². The van der Waals surface area contributed by atoms with Crippen LogP contribution in [-0.2, 0) is 0 Å². The summed E-state index contributed by atoms with van der Waals surface area (Å²) in [5.74, 6) is 1.23. The molecule has 1 unspecified atom stereocenters. The van der Waals surface area contributed by atoms with E-state index in [2.05, 4.69) is 17.2 Å². The SMILES string of the molecule is CCCNC(C)c1ncc(-c2ccc([N+](=O)[O-])cc2)o1. The molecule has 0 bridgehead atoms. The van der Waals surface area contributed by atoms with Crippen LogP contribution in [-0.4, -0.2) is 16.5 Å². The summed E-state index contributed by atoms with van der Waals surface area (Å²) in [4.78, 5) is 14.4. The average Bonchev–Trinajstić information content (AvgIpc) is 2.94. The minimum Gasteiger partial charge on any atom is -0.439 e. The van der Waals surface area contributed by atoms with E-state index in [1.54, 1.807) is 18.3 Å². The number of nitrogens with zero attached hydrogens (tertiary/aromatic N) is 2. The monoisotopic (exact) mass is 275 g/mol. The molecule has 0 radical (unpaired) electrons. The number of nitrogens with one attached hydrogen (secondary N) is 1. The Morgan fingerprint density at radius 1 is 1.40 bits per heavy atom. The van der Waals surface area contributed by atoms with Crippen molar-refractivity contribution in [3.8, 4) is 11.3 Å². The van der Waals surface area contributed by atoms with E-state index >= 15 is 0 Å². The van der Waals surface area contributed by atoms with E-state index in [4.69, 9.17) is 4.42 Å². The predicted octanol–water partition coefficient (Wildman–Crippen LogP) is 3.31. The smallest absolute Gasteiger partial charge is 0.269 e. The van der Waals surface area contributed by atoms with Gasteiger partial charge in [-0.05, 0) is 32.0 Å². The summed E-state index contributed by atoms with van der Waals surface area (Å²) < 4.78 is 5.69. The predicted molar refractivity (Wildman–Crippen MR) is 75.3 cm³/mol. The van der Waals surface area contributed by atoms with E-state index in [-0.39, 0.29) is 11.7 Å². The molecule has 1 atom stereocenters. The van der Waals surface area contributed by atoms with Gasteiger partial charge in [-0.3, -0.25) is 10.1 Å². The third-order valence-corrected chi connectivity index (χ3v) is 2.96. The molecular formula is C14H17N3O3. The first-order valence-corrected chi connectivity index (χ1v) is 6.55. The first kappa shape index (κ1) is 14.2. The largest absolute Gasteiger partial charge is 0.439 e. The van der Waals surface area contributed by atoms with Crippen LogP contribution in [0.1, 0.15) is 32.2 Å². The van der Waals surface area contributed by atoms with E-state index in [0.29, 0.717) is 11.7 Å². The number of non-ortho nitro benzene ring substituents is 1. The maximum absolute atomic E-state index is 10.6. The minimum atomic E-state index is -0.424. The van der Waals surface area contributed by atoms with Gasteiger partial charge >= 0.3 is 0 Å². The lowest BCUT2D eigenvalue weighted by molar-refractivity contribution is -0.384. The van der Waals surface area contributed by atoms with Gasteiger partial charge < -0.3 is 9.73 Å². The van der Waals surface area contributed by atoms with E-state index in [0.717, 1.165) is 18.5 Å². The molecule has 1 N–H and O–H groups in total. The Labute approximate surface area is 117 Å². The third kappa shape index (κ3) is 3.21. The number of benzene rings is 1. The van der Waals surface area contributed by atoms with Gasteiger partial charge in [0.1, 0.15) is 0 Å². The first-order chi connectivity index (χ1) is 9.61. The van der Waals surface area contributed by atoms with Crippen molar-refractivity contribution in [1.82, 2.24) is 10.3 Å². The lowest BCUT2D eigenvalue weighted by atomic mass is 10.2. The van der Waals surface area contributed by atoms with Gasteiger partial charge in [0.05, 0.1) is 17.2 Å². The highest BCUT2D eigenvalue weighted by Crippen LogP contribution is 2.24. The molecule has 2 aromatic rings. The molecule has 0 saturated heterocycles. The highest BCUT2D eigenvalue weighted by molar-refractivity contribution is 5.58. The van der Waals surface area contributed by atoms with E-state index in [1.807, 2.05) is 6.92 Å². The maximum Gasteiger partial charge on any atom is 0.269 e. The van der Waals surface area contributed by atoms with Gasteiger partial charge in [-0.15, -0.1) is 0 Å². The van der Waals surface area contributed by atoms with Gasteiger partial charge in [0.15, 0.2) is 5.76 Å². The van der Waals surface area contributed by atoms with Crippen molar-refractivity contribution >= 4 is 5.69 Å². The Bertz CT molecular complexity index is 578. The molecule has 6 heteroatoms. The van der Waals surface area contributed by atoms with Crippen LogP contribution in [0.15, 0.2) is 34.9 Å². The second-order valence-electron chi connectivity index (χ2n) is 4.54. The molecule has 1 aromatic heterocycles.